The Morgan fingerprint density at radius 1 is 1.28 bits per heavy atom. The van der Waals surface area contributed by atoms with Crippen molar-refractivity contribution in [3.05, 3.63) is 48.0 Å². The van der Waals surface area contributed by atoms with Crippen molar-refractivity contribution < 1.29 is 4.39 Å². The number of hydrogen-bond acceptors (Lipinski definition) is 4. The Morgan fingerprint density at radius 2 is 2.08 bits per heavy atom. The lowest BCUT2D eigenvalue weighted by molar-refractivity contribution is 0.0697. The molecule has 1 aromatic heterocycles. The highest BCUT2D eigenvalue weighted by atomic mass is 19.1. The van der Waals surface area contributed by atoms with Crippen LogP contribution in [0.25, 0.3) is 0 Å². The quantitative estimate of drug-likeness (QED) is 0.773. The van der Waals surface area contributed by atoms with Crippen molar-refractivity contribution in [2.75, 3.05) is 26.8 Å². The topological polar surface area (TPSA) is 37.2 Å². The van der Waals surface area contributed by atoms with E-state index in [1.807, 2.05) is 0 Å². The summed E-state index contributed by atoms with van der Waals surface area (Å²) < 4.78 is 14.3. The first-order chi connectivity index (χ1) is 12.2. The van der Waals surface area contributed by atoms with Gasteiger partial charge in [-0.05, 0) is 31.5 Å². The van der Waals surface area contributed by atoms with E-state index in [4.69, 9.17) is 0 Å². The van der Waals surface area contributed by atoms with Crippen molar-refractivity contribution in [1.29, 1.82) is 0 Å². The minimum atomic E-state index is -0.408. The number of likely N-dealkylation sites (tertiary alicyclic amines) is 1. The zero-order valence-electron chi connectivity index (χ0n) is 15.2. The van der Waals surface area contributed by atoms with Gasteiger partial charge in [-0.1, -0.05) is 37.3 Å². The highest BCUT2D eigenvalue weighted by Gasteiger charge is 2.29. The molecular formula is C19H28FN5. The molecule has 0 saturated carbocycles. The molecule has 3 rings (SSSR count). The maximum atomic E-state index is 12.6. The summed E-state index contributed by atoms with van der Waals surface area (Å²) >= 11 is 0. The molecule has 0 spiro atoms. The van der Waals surface area contributed by atoms with Crippen LogP contribution in [0.5, 0.6) is 0 Å². The molecule has 0 aliphatic carbocycles. The molecule has 1 fully saturated rings. The fourth-order valence-electron chi connectivity index (χ4n) is 3.88. The molecule has 0 N–H and O–H groups in total. The summed E-state index contributed by atoms with van der Waals surface area (Å²) in [5.74, 6) is 1.43. The van der Waals surface area contributed by atoms with Crippen LogP contribution < -0.4 is 0 Å². The molecule has 0 amide bonds. The van der Waals surface area contributed by atoms with Gasteiger partial charge in [0.05, 0.1) is 13.1 Å². The first-order valence-corrected chi connectivity index (χ1v) is 9.06. The number of piperidine rings is 1. The van der Waals surface area contributed by atoms with Crippen LogP contribution in [0.4, 0.5) is 4.39 Å². The molecule has 1 saturated heterocycles. The van der Waals surface area contributed by atoms with E-state index in [1.165, 1.54) is 11.9 Å². The van der Waals surface area contributed by atoms with Gasteiger partial charge in [0.2, 0.25) is 0 Å². The average Bonchev–Trinajstić information content (AvgIpc) is 3.03. The zero-order chi connectivity index (χ0) is 17.6. The van der Waals surface area contributed by atoms with Gasteiger partial charge in [0.25, 0.3) is 0 Å². The predicted octanol–water partition coefficient (Wildman–Crippen LogP) is 2.59. The molecule has 2 aromatic rings. The summed E-state index contributed by atoms with van der Waals surface area (Å²) in [6.45, 7) is 6.14. The van der Waals surface area contributed by atoms with Crippen LogP contribution in [0.1, 0.15) is 24.7 Å². The Balaban J connectivity index is 1.54. The highest BCUT2D eigenvalue weighted by Crippen LogP contribution is 2.23. The number of aryl methyl sites for hydroxylation is 1. The number of hydrogen-bond donors (Lipinski definition) is 0. The predicted molar refractivity (Wildman–Crippen MR) is 96.8 cm³/mol. The molecule has 136 valence electrons. The Labute approximate surface area is 149 Å². The average molecular weight is 345 g/mol. The third-order valence-corrected chi connectivity index (χ3v) is 5.14. The number of rotatable bonds is 7. The van der Waals surface area contributed by atoms with Crippen LogP contribution >= 0.6 is 0 Å². The molecule has 0 radical (unpaired) electrons. The second-order valence-electron chi connectivity index (χ2n) is 7.06. The molecule has 1 aliphatic heterocycles. The first-order valence-electron chi connectivity index (χ1n) is 9.06. The van der Waals surface area contributed by atoms with Crippen LogP contribution in [0.3, 0.4) is 0 Å². The van der Waals surface area contributed by atoms with Crippen LogP contribution in [0, 0.1) is 5.92 Å². The van der Waals surface area contributed by atoms with Crippen LogP contribution in [-0.4, -0.2) is 57.4 Å². The van der Waals surface area contributed by atoms with Gasteiger partial charge in [-0.3, -0.25) is 9.80 Å². The lowest BCUT2D eigenvalue weighted by atomic mass is 9.92. The van der Waals surface area contributed by atoms with Crippen LogP contribution in [0.15, 0.2) is 36.7 Å². The molecule has 0 bridgehead atoms. The monoisotopic (exact) mass is 345 g/mol. The fourth-order valence-corrected chi connectivity index (χ4v) is 3.88. The van der Waals surface area contributed by atoms with E-state index in [-0.39, 0.29) is 6.54 Å². The van der Waals surface area contributed by atoms with Crippen LogP contribution in [0.2, 0.25) is 0 Å². The third-order valence-electron chi connectivity index (χ3n) is 5.14. The Bertz CT molecular complexity index is 644. The first kappa shape index (κ1) is 18.0. The van der Waals surface area contributed by atoms with Crippen molar-refractivity contribution >= 4 is 0 Å². The fraction of sp³-hybridized carbons (Fsp3) is 0.579. The molecule has 2 atom stereocenters. The van der Waals surface area contributed by atoms with Gasteiger partial charge in [-0.15, -0.1) is 0 Å². The van der Waals surface area contributed by atoms with Gasteiger partial charge in [-0.25, -0.2) is 14.1 Å². The van der Waals surface area contributed by atoms with Gasteiger partial charge < -0.3 is 0 Å². The van der Waals surface area contributed by atoms with E-state index in [1.54, 1.807) is 4.68 Å². The maximum absolute atomic E-state index is 12.6. The molecule has 0 unspecified atom stereocenters. The molecular weight excluding hydrogens is 317 g/mol. The standard InChI is InChI=1S/C19H28FN5/c1-16-12-24(13-17-6-4-3-5-7-17)10-8-18(16)23(2)14-19-21-15-22-25(19)11-9-20/h3-7,15-16,18H,8-14H2,1-2H3/t16-,18+/m1/s1. The summed E-state index contributed by atoms with van der Waals surface area (Å²) in [4.78, 5) is 9.19. The molecule has 25 heavy (non-hydrogen) atoms. The van der Waals surface area contributed by atoms with Gasteiger partial charge in [-0.2, -0.15) is 5.10 Å². The van der Waals surface area contributed by atoms with E-state index < -0.39 is 6.67 Å². The lowest BCUT2D eigenvalue weighted by Crippen LogP contribution is -2.48. The number of alkyl halides is 1. The minimum Gasteiger partial charge on any atom is -0.299 e. The van der Waals surface area contributed by atoms with Gasteiger partial charge in [0.15, 0.2) is 0 Å². The van der Waals surface area contributed by atoms with E-state index in [9.17, 15) is 4.39 Å². The SMILES string of the molecule is C[C@@H]1CN(Cc2ccccc2)CC[C@@H]1N(C)Cc1ncnn1CCF. The van der Waals surface area contributed by atoms with E-state index in [0.29, 0.717) is 18.5 Å². The summed E-state index contributed by atoms with van der Waals surface area (Å²) in [6.07, 6.45) is 2.66. The molecule has 1 aromatic carbocycles. The number of halogens is 1. The molecule has 6 heteroatoms. The number of benzene rings is 1. The van der Waals surface area contributed by atoms with Crippen molar-refractivity contribution in [1.82, 2.24) is 24.6 Å². The van der Waals surface area contributed by atoms with Crippen LogP contribution in [-0.2, 0) is 19.6 Å². The van der Waals surface area contributed by atoms with Crippen molar-refractivity contribution in [2.24, 2.45) is 5.92 Å². The van der Waals surface area contributed by atoms with Gasteiger partial charge in [0, 0.05) is 19.1 Å². The summed E-state index contributed by atoms with van der Waals surface area (Å²) in [5, 5.41) is 4.11. The van der Waals surface area contributed by atoms with Gasteiger partial charge in [0.1, 0.15) is 18.8 Å². The summed E-state index contributed by atoms with van der Waals surface area (Å²) in [6, 6.07) is 11.2. The Morgan fingerprint density at radius 3 is 2.80 bits per heavy atom. The summed E-state index contributed by atoms with van der Waals surface area (Å²) in [5.41, 5.74) is 1.38. The van der Waals surface area contributed by atoms with Crippen molar-refractivity contribution in [3.8, 4) is 0 Å². The lowest BCUT2D eigenvalue weighted by Gasteiger charge is -2.41. The Kier molecular flexibility index (Phi) is 6.15. The smallest absolute Gasteiger partial charge is 0.141 e. The van der Waals surface area contributed by atoms with E-state index in [2.05, 4.69) is 64.2 Å². The zero-order valence-corrected chi connectivity index (χ0v) is 15.2. The Hall–Kier alpha value is -1.79. The van der Waals surface area contributed by atoms with Crippen molar-refractivity contribution in [2.45, 2.75) is 39.0 Å². The van der Waals surface area contributed by atoms with Crippen molar-refractivity contribution in [3.63, 3.8) is 0 Å². The minimum absolute atomic E-state index is 0.286. The second-order valence-corrected chi connectivity index (χ2v) is 7.06. The molecule has 2 heterocycles. The number of aromatic nitrogens is 3. The summed E-state index contributed by atoms with van der Waals surface area (Å²) in [7, 11) is 2.14. The maximum Gasteiger partial charge on any atom is 0.141 e. The van der Waals surface area contributed by atoms with E-state index in [0.717, 1.165) is 31.9 Å². The largest absolute Gasteiger partial charge is 0.299 e. The van der Waals surface area contributed by atoms with E-state index >= 15 is 0 Å². The van der Waals surface area contributed by atoms with Gasteiger partial charge >= 0.3 is 0 Å². The number of nitrogens with zero attached hydrogens (tertiary/aromatic N) is 5. The molecule has 1 aliphatic rings. The highest BCUT2D eigenvalue weighted by molar-refractivity contribution is 5.14. The molecule has 5 nitrogen and oxygen atoms in total. The third kappa shape index (κ3) is 4.64. The normalized spacial score (nSPS) is 21.8. The second kappa shape index (κ2) is 8.54.